The van der Waals surface area contributed by atoms with Gasteiger partial charge in [0.15, 0.2) is 0 Å². The zero-order chi connectivity index (χ0) is 17.6. The van der Waals surface area contributed by atoms with Crippen molar-refractivity contribution in [1.82, 2.24) is 0 Å². The molecule has 0 bridgehead atoms. The number of sulfone groups is 1. The summed E-state index contributed by atoms with van der Waals surface area (Å²) in [6.07, 6.45) is 2.87. The van der Waals surface area contributed by atoms with Gasteiger partial charge >= 0.3 is 5.97 Å². The van der Waals surface area contributed by atoms with Crippen LogP contribution in [0.25, 0.3) is 11.0 Å². The van der Waals surface area contributed by atoms with Gasteiger partial charge in [0, 0.05) is 6.08 Å². The minimum atomic E-state index is -3.66. The van der Waals surface area contributed by atoms with Gasteiger partial charge in [-0.1, -0.05) is 49.0 Å². The Kier molecular flexibility index (Phi) is 5.71. The Labute approximate surface area is 142 Å². The average molecular weight is 342 g/mol. The van der Waals surface area contributed by atoms with Crippen molar-refractivity contribution in [3.05, 3.63) is 78.4 Å². The Morgan fingerprint density at radius 2 is 1.71 bits per heavy atom. The maximum Gasteiger partial charge on any atom is 0.330 e. The summed E-state index contributed by atoms with van der Waals surface area (Å²) in [5, 5.41) is 0. The summed E-state index contributed by atoms with van der Waals surface area (Å²) in [4.78, 5) is 11.5. The van der Waals surface area contributed by atoms with E-state index in [1.54, 1.807) is 49.4 Å². The SMILES string of the molecule is C=C(c1ccccc1)S(=O)(=O)c1ccc(C=CC(=O)OCC)cc1. The fourth-order valence-corrected chi connectivity index (χ4v) is 3.26. The van der Waals surface area contributed by atoms with E-state index in [-0.39, 0.29) is 9.80 Å². The van der Waals surface area contributed by atoms with E-state index in [4.69, 9.17) is 4.74 Å². The molecular formula is C19H18O4S. The molecule has 24 heavy (non-hydrogen) atoms. The standard InChI is InChI=1S/C19H18O4S/c1-3-23-19(20)14-11-16-9-12-18(13-10-16)24(21,22)15(2)17-7-5-4-6-8-17/h4-14H,2-3H2,1H3. The normalized spacial score (nSPS) is 11.4. The van der Waals surface area contributed by atoms with Crippen LogP contribution in [0.3, 0.4) is 0 Å². The second kappa shape index (κ2) is 7.75. The van der Waals surface area contributed by atoms with Crippen LogP contribution in [-0.2, 0) is 19.4 Å². The van der Waals surface area contributed by atoms with E-state index >= 15 is 0 Å². The maximum atomic E-state index is 12.6. The van der Waals surface area contributed by atoms with Crippen molar-refractivity contribution in [3.63, 3.8) is 0 Å². The Morgan fingerprint density at radius 1 is 1.08 bits per heavy atom. The molecule has 0 saturated carbocycles. The quantitative estimate of drug-likeness (QED) is 0.593. The van der Waals surface area contributed by atoms with E-state index in [2.05, 4.69) is 6.58 Å². The van der Waals surface area contributed by atoms with Crippen LogP contribution in [0, 0.1) is 0 Å². The molecule has 2 rings (SSSR count). The minimum absolute atomic E-state index is 0.0536. The molecule has 0 aliphatic carbocycles. The van der Waals surface area contributed by atoms with Gasteiger partial charge in [0.2, 0.25) is 9.84 Å². The van der Waals surface area contributed by atoms with Gasteiger partial charge in [-0.15, -0.1) is 0 Å². The first-order valence-electron chi connectivity index (χ1n) is 7.39. The molecule has 4 nitrogen and oxygen atoms in total. The van der Waals surface area contributed by atoms with Crippen molar-refractivity contribution in [3.8, 4) is 0 Å². The van der Waals surface area contributed by atoms with Gasteiger partial charge in [-0.05, 0) is 36.3 Å². The number of ether oxygens (including phenoxy) is 1. The van der Waals surface area contributed by atoms with Crippen molar-refractivity contribution in [2.75, 3.05) is 6.61 Å². The van der Waals surface area contributed by atoms with Crippen molar-refractivity contribution >= 4 is 26.8 Å². The molecular weight excluding hydrogens is 324 g/mol. The molecule has 0 atom stereocenters. The summed E-state index contributed by atoms with van der Waals surface area (Å²) in [5.74, 6) is -0.438. The lowest BCUT2D eigenvalue weighted by molar-refractivity contribution is -0.137. The molecule has 0 spiro atoms. The summed E-state index contributed by atoms with van der Waals surface area (Å²) in [7, 11) is -3.66. The number of esters is 1. The molecule has 0 unspecified atom stereocenters. The van der Waals surface area contributed by atoms with Crippen LogP contribution in [0.15, 0.2) is 72.1 Å². The molecule has 0 N–H and O–H groups in total. The first-order valence-corrected chi connectivity index (χ1v) is 8.88. The van der Waals surface area contributed by atoms with Crippen molar-refractivity contribution in [2.45, 2.75) is 11.8 Å². The minimum Gasteiger partial charge on any atom is -0.463 e. The summed E-state index contributed by atoms with van der Waals surface area (Å²) in [6, 6.07) is 15.0. The lowest BCUT2D eigenvalue weighted by atomic mass is 10.2. The van der Waals surface area contributed by atoms with Crippen LogP contribution >= 0.6 is 0 Å². The van der Waals surface area contributed by atoms with Gasteiger partial charge in [-0.2, -0.15) is 0 Å². The zero-order valence-corrected chi connectivity index (χ0v) is 14.1. The van der Waals surface area contributed by atoms with Gasteiger partial charge in [0.05, 0.1) is 16.4 Å². The molecule has 0 fully saturated rings. The highest BCUT2D eigenvalue weighted by Crippen LogP contribution is 2.26. The highest BCUT2D eigenvalue weighted by Gasteiger charge is 2.19. The van der Waals surface area contributed by atoms with Crippen LogP contribution in [0.5, 0.6) is 0 Å². The smallest absolute Gasteiger partial charge is 0.330 e. The highest BCUT2D eigenvalue weighted by molar-refractivity contribution is 8.00. The molecule has 2 aromatic carbocycles. The lowest BCUT2D eigenvalue weighted by Gasteiger charge is -2.08. The molecule has 5 heteroatoms. The first-order chi connectivity index (χ1) is 11.4. The molecule has 2 aromatic rings. The third kappa shape index (κ3) is 4.20. The van der Waals surface area contributed by atoms with Crippen LogP contribution in [0.2, 0.25) is 0 Å². The fraction of sp³-hybridized carbons (Fsp3) is 0.105. The highest BCUT2D eigenvalue weighted by atomic mass is 32.2. The molecule has 0 aliphatic rings. The van der Waals surface area contributed by atoms with Gasteiger partial charge in [0.25, 0.3) is 0 Å². The molecule has 0 heterocycles. The zero-order valence-electron chi connectivity index (χ0n) is 13.3. The lowest BCUT2D eigenvalue weighted by Crippen LogP contribution is -2.03. The molecule has 0 saturated heterocycles. The van der Waals surface area contributed by atoms with Crippen molar-refractivity contribution < 1.29 is 17.9 Å². The number of benzene rings is 2. The van der Waals surface area contributed by atoms with Crippen LogP contribution in [0.1, 0.15) is 18.1 Å². The number of carbonyl (C=O) groups excluding carboxylic acids is 1. The van der Waals surface area contributed by atoms with Gasteiger partial charge in [-0.3, -0.25) is 0 Å². The van der Waals surface area contributed by atoms with Gasteiger partial charge in [-0.25, -0.2) is 13.2 Å². The van der Waals surface area contributed by atoms with Crippen LogP contribution in [-0.4, -0.2) is 21.0 Å². The summed E-state index contributed by atoms with van der Waals surface area (Å²) < 4.78 is 30.0. The first kappa shape index (κ1) is 17.7. The predicted molar refractivity (Wildman–Crippen MR) is 94.8 cm³/mol. The summed E-state index contributed by atoms with van der Waals surface area (Å²) in [5.41, 5.74) is 1.26. The fourth-order valence-electron chi connectivity index (χ4n) is 2.03. The van der Waals surface area contributed by atoms with E-state index in [0.717, 1.165) is 0 Å². The monoisotopic (exact) mass is 342 g/mol. The Morgan fingerprint density at radius 3 is 2.29 bits per heavy atom. The number of rotatable bonds is 6. The maximum absolute atomic E-state index is 12.6. The van der Waals surface area contributed by atoms with Crippen molar-refractivity contribution in [1.29, 1.82) is 0 Å². The van der Waals surface area contributed by atoms with E-state index in [9.17, 15) is 13.2 Å². The molecule has 0 aliphatic heterocycles. The molecule has 0 aromatic heterocycles. The summed E-state index contributed by atoms with van der Waals surface area (Å²) in [6.45, 7) is 5.75. The van der Waals surface area contributed by atoms with Gasteiger partial charge < -0.3 is 4.74 Å². The third-order valence-electron chi connectivity index (χ3n) is 3.31. The Balaban J connectivity index is 2.21. The van der Waals surface area contributed by atoms with E-state index < -0.39 is 15.8 Å². The van der Waals surface area contributed by atoms with Crippen LogP contribution < -0.4 is 0 Å². The third-order valence-corrected chi connectivity index (χ3v) is 5.09. The van der Waals surface area contributed by atoms with E-state index in [1.165, 1.54) is 18.2 Å². The second-order valence-corrected chi connectivity index (χ2v) is 6.92. The largest absolute Gasteiger partial charge is 0.463 e. The van der Waals surface area contributed by atoms with Crippen molar-refractivity contribution in [2.24, 2.45) is 0 Å². The average Bonchev–Trinajstić information content (AvgIpc) is 2.60. The molecule has 0 radical (unpaired) electrons. The second-order valence-electron chi connectivity index (χ2n) is 4.95. The van der Waals surface area contributed by atoms with E-state index in [0.29, 0.717) is 17.7 Å². The number of hydrogen-bond donors (Lipinski definition) is 0. The summed E-state index contributed by atoms with van der Waals surface area (Å²) >= 11 is 0. The topological polar surface area (TPSA) is 60.4 Å². The Bertz CT molecular complexity index is 848. The van der Waals surface area contributed by atoms with E-state index in [1.807, 2.05) is 6.07 Å². The predicted octanol–water partition coefficient (Wildman–Crippen LogP) is 3.71. The van der Waals surface area contributed by atoms with Crippen LogP contribution in [0.4, 0.5) is 0 Å². The number of hydrogen-bond acceptors (Lipinski definition) is 4. The molecule has 0 amide bonds. The number of carbonyl (C=O) groups is 1. The molecule has 124 valence electrons. The van der Waals surface area contributed by atoms with Gasteiger partial charge in [0.1, 0.15) is 0 Å². The Hall–Kier alpha value is -2.66.